The summed E-state index contributed by atoms with van der Waals surface area (Å²) in [5.74, 6) is 0.333. The van der Waals surface area contributed by atoms with E-state index in [1.54, 1.807) is 7.05 Å². The van der Waals surface area contributed by atoms with Crippen molar-refractivity contribution >= 4 is 23.1 Å². The van der Waals surface area contributed by atoms with Gasteiger partial charge in [0, 0.05) is 26.1 Å². The smallest absolute Gasteiger partial charge is 0.227 e. The highest BCUT2D eigenvalue weighted by Crippen LogP contribution is 2.30. The van der Waals surface area contributed by atoms with Gasteiger partial charge in [0.2, 0.25) is 5.91 Å². The van der Waals surface area contributed by atoms with Gasteiger partial charge in [-0.15, -0.1) is 0 Å². The standard InChI is InChI=1S/C11H21N3OS/c1-8(9(12)16)6-14-5-4-11(2,7-14)10(15)13-3/h8H,4-7H2,1-3H3,(H2,12,16)(H,13,15). The molecular weight excluding hydrogens is 222 g/mol. The maximum absolute atomic E-state index is 11.7. The van der Waals surface area contributed by atoms with Crippen LogP contribution in [0, 0.1) is 11.3 Å². The van der Waals surface area contributed by atoms with E-state index < -0.39 is 0 Å². The van der Waals surface area contributed by atoms with Crippen molar-refractivity contribution in [2.45, 2.75) is 20.3 Å². The molecule has 4 nitrogen and oxygen atoms in total. The molecule has 0 saturated carbocycles. The minimum absolute atomic E-state index is 0.123. The summed E-state index contributed by atoms with van der Waals surface area (Å²) in [6, 6.07) is 0. The molecule has 0 radical (unpaired) electrons. The van der Waals surface area contributed by atoms with Crippen molar-refractivity contribution in [2.24, 2.45) is 17.1 Å². The molecule has 0 bridgehead atoms. The molecule has 1 aliphatic rings. The van der Waals surface area contributed by atoms with Gasteiger partial charge in [-0.3, -0.25) is 4.79 Å². The second-order valence-electron chi connectivity index (χ2n) is 4.93. The van der Waals surface area contributed by atoms with Gasteiger partial charge < -0.3 is 16.0 Å². The Labute approximate surface area is 103 Å². The molecule has 2 unspecified atom stereocenters. The molecule has 1 fully saturated rings. The predicted molar refractivity (Wildman–Crippen MR) is 69.2 cm³/mol. The second-order valence-corrected chi connectivity index (χ2v) is 5.40. The van der Waals surface area contributed by atoms with Crippen molar-refractivity contribution in [3.63, 3.8) is 0 Å². The zero-order valence-electron chi connectivity index (χ0n) is 10.2. The molecule has 1 heterocycles. The summed E-state index contributed by atoms with van der Waals surface area (Å²) < 4.78 is 0. The Morgan fingerprint density at radius 2 is 2.31 bits per heavy atom. The minimum Gasteiger partial charge on any atom is -0.393 e. The number of likely N-dealkylation sites (tertiary alicyclic amines) is 1. The summed E-state index contributed by atoms with van der Waals surface area (Å²) in [6.07, 6.45) is 0.900. The average Bonchev–Trinajstić information content (AvgIpc) is 2.60. The van der Waals surface area contributed by atoms with E-state index in [-0.39, 0.29) is 17.2 Å². The third kappa shape index (κ3) is 2.92. The Morgan fingerprint density at radius 1 is 1.69 bits per heavy atom. The first-order chi connectivity index (χ1) is 7.39. The molecule has 0 aromatic rings. The van der Waals surface area contributed by atoms with Crippen LogP contribution < -0.4 is 11.1 Å². The topological polar surface area (TPSA) is 58.4 Å². The number of carbonyl (C=O) groups is 1. The van der Waals surface area contributed by atoms with Crippen molar-refractivity contribution in [3.8, 4) is 0 Å². The van der Waals surface area contributed by atoms with E-state index in [4.69, 9.17) is 18.0 Å². The van der Waals surface area contributed by atoms with E-state index in [0.717, 1.165) is 26.1 Å². The summed E-state index contributed by atoms with van der Waals surface area (Å²) in [6.45, 7) is 6.62. The van der Waals surface area contributed by atoms with Crippen LogP contribution in [0.4, 0.5) is 0 Å². The summed E-state index contributed by atoms with van der Waals surface area (Å²) in [7, 11) is 1.69. The lowest BCUT2D eigenvalue weighted by Crippen LogP contribution is -2.40. The molecule has 0 spiro atoms. The summed E-state index contributed by atoms with van der Waals surface area (Å²) in [5, 5.41) is 2.73. The van der Waals surface area contributed by atoms with Crippen molar-refractivity contribution in [3.05, 3.63) is 0 Å². The van der Waals surface area contributed by atoms with Gasteiger partial charge in [0.15, 0.2) is 0 Å². The number of amides is 1. The number of nitrogens with two attached hydrogens (primary N) is 1. The van der Waals surface area contributed by atoms with Gasteiger partial charge in [-0.2, -0.15) is 0 Å². The Bertz CT molecular complexity index is 295. The van der Waals surface area contributed by atoms with E-state index >= 15 is 0 Å². The number of rotatable bonds is 4. The summed E-state index contributed by atoms with van der Waals surface area (Å²) in [4.78, 5) is 14.5. The van der Waals surface area contributed by atoms with E-state index in [0.29, 0.717) is 4.99 Å². The lowest BCUT2D eigenvalue weighted by Gasteiger charge is -2.24. The Hall–Kier alpha value is -0.680. The zero-order chi connectivity index (χ0) is 12.3. The first kappa shape index (κ1) is 13.4. The lowest BCUT2D eigenvalue weighted by atomic mass is 9.89. The molecular formula is C11H21N3OS. The van der Waals surface area contributed by atoms with Crippen LogP contribution in [-0.2, 0) is 4.79 Å². The van der Waals surface area contributed by atoms with Gasteiger partial charge in [0.1, 0.15) is 0 Å². The van der Waals surface area contributed by atoms with Gasteiger partial charge in [-0.1, -0.05) is 19.1 Å². The van der Waals surface area contributed by atoms with Crippen molar-refractivity contribution in [2.75, 3.05) is 26.7 Å². The van der Waals surface area contributed by atoms with Crippen LogP contribution in [0.1, 0.15) is 20.3 Å². The van der Waals surface area contributed by atoms with Crippen molar-refractivity contribution in [1.82, 2.24) is 10.2 Å². The van der Waals surface area contributed by atoms with Gasteiger partial charge >= 0.3 is 0 Å². The Balaban J connectivity index is 2.52. The maximum Gasteiger partial charge on any atom is 0.227 e. The molecule has 1 saturated heterocycles. The summed E-state index contributed by atoms with van der Waals surface area (Å²) >= 11 is 4.96. The number of nitrogens with one attached hydrogen (secondary N) is 1. The lowest BCUT2D eigenvalue weighted by molar-refractivity contribution is -0.129. The highest BCUT2D eigenvalue weighted by Gasteiger charge is 2.39. The van der Waals surface area contributed by atoms with Crippen LogP contribution in [0.3, 0.4) is 0 Å². The number of thiocarbonyl (C=S) groups is 1. The summed E-state index contributed by atoms with van der Waals surface area (Å²) in [5.41, 5.74) is 5.33. The quantitative estimate of drug-likeness (QED) is 0.700. The predicted octanol–water partition coefficient (Wildman–Crippen LogP) is 0.367. The molecule has 2 atom stereocenters. The van der Waals surface area contributed by atoms with E-state index in [1.807, 2.05) is 13.8 Å². The Morgan fingerprint density at radius 3 is 2.81 bits per heavy atom. The van der Waals surface area contributed by atoms with Crippen LogP contribution in [0.5, 0.6) is 0 Å². The monoisotopic (exact) mass is 243 g/mol. The fourth-order valence-corrected chi connectivity index (χ4v) is 2.25. The second kappa shape index (κ2) is 5.10. The largest absolute Gasteiger partial charge is 0.393 e. The molecule has 92 valence electrons. The maximum atomic E-state index is 11.7. The number of hydrogen-bond acceptors (Lipinski definition) is 3. The van der Waals surface area contributed by atoms with Crippen molar-refractivity contribution in [1.29, 1.82) is 0 Å². The first-order valence-electron chi connectivity index (χ1n) is 5.63. The third-order valence-electron chi connectivity index (χ3n) is 3.35. The molecule has 3 N–H and O–H groups in total. The fourth-order valence-electron chi connectivity index (χ4n) is 2.18. The molecule has 0 aromatic carbocycles. The molecule has 1 amide bonds. The highest BCUT2D eigenvalue weighted by molar-refractivity contribution is 7.80. The van der Waals surface area contributed by atoms with Gasteiger partial charge in [0.05, 0.1) is 10.4 Å². The van der Waals surface area contributed by atoms with Crippen LogP contribution in [0.15, 0.2) is 0 Å². The van der Waals surface area contributed by atoms with Gasteiger partial charge in [-0.25, -0.2) is 0 Å². The Kier molecular flexibility index (Phi) is 4.27. The molecule has 16 heavy (non-hydrogen) atoms. The van der Waals surface area contributed by atoms with E-state index in [9.17, 15) is 4.79 Å². The molecule has 1 aliphatic heterocycles. The normalized spacial score (nSPS) is 27.7. The fraction of sp³-hybridized carbons (Fsp3) is 0.818. The zero-order valence-corrected chi connectivity index (χ0v) is 11.1. The average molecular weight is 243 g/mol. The van der Waals surface area contributed by atoms with E-state index in [1.165, 1.54) is 0 Å². The molecule has 1 rings (SSSR count). The highest BCUT2D eigenvalue weighted by atomic mass is 32.1. The number of carbonyl (C=O) groups excluding carboxylic acids is 1. The molecule has 0 aromatic heterocycles. The van der Waals surface area contributed by atoms with E-state index in [2.05, 4.69) is 10.2 Å². The first-order valence-corrected chi connectivity index (χ1v) is 6.04. The van der Waals surface area contributed by atoms with Crippen LogP contribution in [-0.4, -0.2) is 42.5 Å². The minimum atomic E-state index is -0.259. The SMILES string of the molecule is CNC(=O)C1(C)CCN(CC(C)C(N)=S)C1. The van der Waals surface area contributed by atoms with Crippen molar-refractivity contribution < 1.29 is 4.79 Å². The van der Waals surface area contributed by atoms with Crippen LogP contribution in [0.25, 0.3) is 0 Å². The molecule has 0 aliphatic carbocycles. The third-order valence-corrected chi connectivity index (χ3v) is 3.75. The van der Waals surface area contributed by atoms with Gasteiger partial charge in [-0.05, 0) is 19.9 Å². The van der Waals surface area contributed by atoms with Crippen LogP contribution >= 0.6 is 12.2 Å². The van der Waals surface area contributed by atoms with Gasteiger partial charge in [0.25, 0.3) is 0 Å². The number of nitrogens with zero attached hydrogens (tertiary/aromatic N) is 1. The van der Waals surface area contributed by atoms with Crippen LogP contribution in [0.2, 0.25) is 0 Å². The molecule has 5 heteroatoms. The number of hydrogen-bond donors (Lipinski definition) is 2.